The van der Waals surface area contributed by atoms with E-state index in [1.165, 1.54) is 6.07 Å². The lowest BCUT2D eigenvalue weighted by atomic mass is 10.1. The van der Waals surface area contributed by atoms with Crippen molar-refractivity contribution < 1.29 is 9.72 Å². The van der Waals surface area contributed by atoms with Crippen LogP contribution in [0.4, 0.5) is 11.4 Å². The molecule has 0 bridgehead atoms. The topological polar surface area (TPSA) is 84.3 Å². The van der Waals surface area contributed by atoms with Gasteiger partial charge in [-0.3, -0.25) is 14.9 Å². The number of carbonyl (C=O) groups is 1. The Labute approximate surface area is 128 Å². The predicted molar refractivity (Wildman–Crippen MR) is 84.6 cm³/mol. The van der Waals surface area contributed by atoms with E-state index >= 15 is 0 Å². The molecule has 2 aromatic carbocycles. The standard InChI is InChI=1S/C16H17N3O3/c1-12-14(8-5-9-15(12)19(21)22)17-11-16(20)18-10-13-6-3-2-4-7-13/h2-9,17H,10-11H2,1H3,(H,18,20). The molecule has 114 valence electrons. The minimum Gasteiger partial charge on any atom is -0.376 e. The Morgan fingerprint density at radius 3 is 2.55 bits per heavy atom. The average Bonchev–Trinajstić information content (AvgIpc) is 2.52. The Hall–Kier alpha value is -2.89. The molecule has 0 aliphatic carbocycles. The van der Waals surface area contributed by atoms with Crippen LogP contribution >= 0.6 is 0 Å². The number of amides is 1. The third-order valence-corrected chi connectivity index (χ3v) is 3.27. The van der Waals surface area contributed by atoms with Gasteiger partial charge in [0, 0.05) is 23.9 Å². The van der Waals surface area contributed by atoms with E-state index in [0.29, 0.717) is 17.8 Å². The van der Waals surface area contributed by atoms with Crippen LogP contribution in [-0.4, -0.2) is 17.4 Å². The predicted octanol–water partition coefficient (Wildman–Crippen LogP) is 2.63. The highest BCUT2D eigenvalue weighted by Crippen LogP contribution is 2.24. The molecule has 6 heteroatoms. The highest BCUT2D eigenvalue weighted by atomic mass is 16.6. The molecule has 0 aromatic heterocycles. The first kappa shape index (κ1) is 15.5. The quantitative estimate of drug-likeness (QED) is 0.634. The van der Waals surface area contributed by atoms with Gasteiger partial charge in [0.25, 0.3) is 5.69 Å². The Kier molecular flexibility index (Phi) is 5.08. The van der Waals surface area contributed by atoms with Crippen molar-refractivity contribution in [3.05, 3.63) is 69.8 Å². The molecular formula is C16H17N3O3. The van der Waals surface area contributed by atoms with E-state index in [4.69, 9.17) is 0 Å². The summed E-state index contributed by atoms with van der Waals surface area (Å²) in [5, 5.41) is 16.6. The highest BCUT2D eigenvalue weighted by molar-refractivity contribution is 5.81. The summed E-state index contributed by atoms with van der Waals surface area (Å²) in [5.74, 6) is -0.172. The zero-order chi connectivity index (χ0) is 15.9. The van der Waals surface area contributed by atoms with Gasteiger partial charge in [-0.25, -0.2) is 0 Å². The van der Waals surface area contributed by atoms with E-state index in [-0.39, 0.29) is 18.1 Å². The molecule has 0 aliphatic heterocycles. The van der Waals surface area contributed by atoms with Crippen LogP contribution in [-0.2, 0) is 11.3 Å². The molecule has 0 spiro atoms. The molecule has 0 heterocycles. The molecule has 0 fully saturated rings. The van der Waals surface area contributed by atoms with Crippen LogP contribution in [0.5, 0.6) is 0 Å². The maximum Gasteiger partial charge on any atom is 0.274 e. The lowest BCUT2D eigenvalue weighted by Gasteiger charge is -2.10. The fourth-order valence-corrected chi connectivity index (χ4v) is 2.05. The largest absolute Gasteiger partial charge is 0.376 e. The molecule has 1 amide bonds. The van der Waals surface area contributed by atoms with Crippen LogP contribution in [0.1, 0.15) is 11.1 Å². The second-order valence-corrected chi connectivity index (χ2v) is 4.82. The highest BCUT2D eigenvalue weighted by Gasteiger charge is 2.13. The Morgan fingerprint density at radius 2 is 1.86 bits per heavy atom. The van der Waals surface area contributed by atoms with Crippen molar-refractivity contribution >= 4 is 17.3 Å². The lowest BCUT2D eigenvalue weighted by molar-refractivity contribution is -0.385. The molecule has 2 rings (SSSR count). The first-order valence-electron chi connectivity index (χ1n) is 6.86. The van der Waals surface area contributed by atoms with E-state index in [0.717, 1.165) is 5.56 Å². The molecule has 0 aliphatic rings. The molecule has 0 saturated heterocycles. The Balaban J connectivity index is 1.89. The maximum absolute atomic E-state index is 11.8. The van der Waals surface area contributed by atoms with Crippen LogP contribution in [0.3, 0.4) is 0 Å². The number of nitrogens with zero attached hydrogens (tertiary/aromatic N) is 1. The zero-order valence-electron chi connectivity index (χ0n) is 12.2. The van der Waals surface area contributed by atoms with Crippen molar-refractivity contribution in [1.82, 2.24) is 5.32 Å². The summed E-state index contributed by atoms with van der Waals surface area (Å²) in [7, 11) is 0. The average molecular weight is 299 g/mol. The molecule has 6 nitrogen and oxygen atoms in total. The van der Waals surface area contributed by atoms with Crippen molar-refractivity contribution in [3.63, 3.8) is 0 Å². The van der Waals surface area contributed by atoms with Crippen molar-refractivity contribution in [1.29, 1.82) is 0 Å². The number of carbonyl (C=O) groups excluding carboxylic acids is 1. The van der Waals surface area contributed by atoms with Crippen molar-refractivity contribution in [3.8, 4) is 0 Å². The number of nitro benzene ring substituents is 1. The number of anilines is 1. The fraction of sp³-hybridized carbons (Fsp3) is 0.188. The van der Waals surface area contributed by atoms with Gasteiger partial charge in [0.15, 0.2) is 0 Å². The third-order valence-electron chi connectivity index (χ3n) is 3.27. The summed E-state index contributed by atoms with van der Waals surface area (Å²) in [4.78, 5) is 22.2. The number of benzene rings is 2. The van der Waals surface area contributed by atoms with Gasteiger partial charge in [0.1, 0.15) is 0 Å². The molecule has 0 unspecified atom stereocenters. The summed E-state index contributed by atoms with van der Waals surface area (Å²) in [6.45, 7) is 2.17. The molecule has 22 heavy (non-hydrogen) atoms. The summed E-state index contributed by atoms with van der Waals surface area (Å²) >= 11 is 0. The first-order valence-corrected chi connectivity index (χ1v) is 6.86. The molecule has 0 radical (unpaired) electrons. The second kappa shape index (κ2) is 7.21. The first-order chi connectivity index (χ1) is 10.6. The summed E-state index contributed by atoms with van der Waals surface area (Å²) in [6, 6.07) is 14.3. The number of rotatable bonds is 6. The Bertz CT molecular complexity index is 672. The van der Waals surface area contributed by atoms with Crippen molar-refractivity contribution in [2.45, 2.75) is 13.5 Å². The fourth-order valence-electron chi connectivity index (χ4n) is 2.05. The zero-order valence-corrected chi connectivity index (χ0v) is 12.2. The van der Waals surface area contributed by atoms with Crippen molar-refractivity contribution in [2.75, 3.05) is 11.9 Å². The van der Waals surface area contributed by atoms with Crippen LogP contribution in [0.2, 0.25) is 0 Å². The molecule has 0 saturated carbocycles. The smallest absolute Gasteiger partial charge is 0.274 e. The summed E-state index contributed by atoms with van der Waals surface area (Å²) in [5.41, 5.74) is 2.16. The van der Waals surface area contributed by atoms with Gasteiger partial charge in [-0.1, -0.05) is 36.4 Å². The minimum atomic E-state index is -0.435. The number of hydrogen-bond acceptors (Lipinski definition) is 4. The van der Waals surface area contributed by atoms with Gasteiger partial charge in [0.05, 0.1) is 11.5 Å². The third kappa shape index (κ3) is 4.05. The van der Waals surface area contributed by atoms with Gasteiger partial charge in [-0.05, 0) is 18.6 Å². The van der Waals surface area contributed by atoms with Crippen LogP contribution in [0.15, 0.2) is 48.5 Å². The minimum absolute atomic E-state index is 0.0368. The van der Waals surface area contributed by atoms with Gasteiger partial charge in [-0.2, -0.15) is 0 Å². The van der Waals surface area contributed by atoms with Gasteiger partial charge < -0.3 is 10.6 Å². The lowest BCUT2D eigenvalue weighted by Crippen LogP contribution is -2.29. The molecule has 2 aromatic rings. The van der Waals surface area contributed by atoms with Gasteiger partial charge >= 0.3 is 0 Å². The van der Waals surface area contributed by atoms with E-state index < -0.39 is 4.92 Å². The van der Waals surface area contributed by atoms with Gasteiger partial charge in [0.2, 0.25) is 5.91 Å². The number of nitrogens with one attached hydrogen (secondary N) is 2. The molecule has 2 N–H and O–H groups in total. The SMILES string of the molecule is Cc1c(NCC(=O)NCc2ccccc2)cccc1[N+](=O)[O-]. The van der Waals surface area contributed by atoms with E-state index in [1.54, 1.807) is 19.1 Å². The number of hydrogen-bond donors (Lipinski definition) is 2. The maximum atomic E-state index is 11.8. The normalized spacial score (nSPS) is 10.0. The monoisotopic (exact) mass is 299 g/mol. The second-order valence-electron chi connectivity index (χ2n) is 4.82. The van der Waals surface area contributed by atoms with Crippen molar-refractivity contribution in [2.24, 2.45) is 0 Å². The van der Waals surface area contributed by atoms with Gasteiger partial charge in [-0.15, -0.1) is 0 Å². The summed E-state index contributed by atoms with van der Waals surface area (Å²) in [6.07, 6.45) is 0. The molecule has 0 atom stereocenters. The van der Waals surface area contributed by atoms with Crippen LogP contribution in [0, 0.1) is 17.0 Å². The van der Waals surface area contributed by atoms with Crippen LogP contribution in [0.25, 0.3) is 0 Å². The van der Waals surface area contributed by atoms with E-state index in [1.807, 2.05) is 30.3 Å². The molecular weight excluding hydrogens is 282 g/mol. The summed E-state index contributed by atoms with van der Waals surface area (Å²) < 4.78 is 0. The Morgan fingerprint density at radius 1 is 1.14 bits per heavy atom. The van der Waals surface area contributed by atoms with Crippen LogP contribution < -0.4 is 10.6 Å². The number of nitro groups is 1. The van der Waals surface area contributed by atoms with E-state index in [9.17, 15) is 14.9 Å². The van der Waals surface area contributed by atoms with E-state index in [2.05, 4.69) is 10.6 Å².